The molecule has 0 aliphatic heterocycles. The number of aryl methyl sites for hydroxylation is 1. The Hall–Kier alpha value is -2.82. The van der Waals surface area contributed by atoms with E-state index in [0.717, 1.165) is 16.8 Å². The fraction of sp³-hybridized carbons (Fsp3) is 0.263. The molecule has 2 aromatic rings. The van der Waals surface area contributed by atoms with Crippen molar-refractivity contribution in [1.82, 2.24) is 0 Å². The number of hydrogen-bond acceptors (Lipinski definition) is 4. The first-order chi connectivity index (χ1) is 11.4. The third-order valence-electron chi connectivity index (χ3n) is 3.50. The molecule has 24 heavy (non-hydrogen) atoms. The predicted molar refractivity (Wildman–Crippen MR) is 95.2 cm³/mol. The Morgan fingerprint density at radius 2 is 1.62 bits per heavy atom. The zero-order valence-electron chi connectivity index (χ0n) is 14.2. The molecule has 5 nitrogen and oxygen atoms in total. The summed E-state index contributed by atoms with van der Waals surface area (Å²) < 4.78 is 5.01. The Morgan fingerprint density at radius 1 is 1.00 bits per heavy atom. The Kier molecular flexibility index (Phi) is 5.95. The maximum atomic E-state index is 11.8. The lowest BCUT2D eigenvalue weighted by molar-refractivity contribution is -0.146. The highest BCUT2D eigenvalue weighted by Crippen LogP contribution is 2.15. The minimum absolute atomic E-state index is 0.158. The third kappa shape index (κ3) is 5.43. The number of ether oxygens (including phenoxy) is 1. The van der Waals surface area contributed by atoms with Crippen molar-refractivity contribution in [2.45, 2.75) is 13.3 Å². The van der Waals surface area contributed by atoms with Crippen LogP contribution in [0, 0.1) is 6.92 Å². The average Bonchev–Trinajstić information content (AvgIpc) is 2.55. The average molecular weight is 326 g/mol. The molecule has 0 aliphatic rings. The van der Waals surface area contributed by atoms with Crippen molar-refractivity contribution in [3.05, 3.63) is 59.7 Å². The molecule has 0 aliphatic carbocycles. The van der Waals surface area contributed by atoms with Crippen molar-refractivity contribution in [1.29, 1.82) is 0 Å². The molecule has 2 aromatic carbocycles. The summed E-state index contributed by atoms with van der Waals surface area (Å²) >= 11 is 0. The van der Waals surface area contributed by atoms with Gasteiger partial charge in [-0.1, -0.05) is 29.8 Å². The fourth-order valence-electron chi connectivity index (χ4n) is 2.11. The van der Waals surface area contributed by atoms with Gasteiger partial charge in [-0.3, -0.25) is 9.59 Å². The predicted octanol–water partition coefficient (Wildman–Crippen LogP) is 2.79. The van der Waals surface area contributed by atoms with E-state index >= 15 is 0 Å². The maximum absolute atomic E-state index is 11.8. The van der Waals surface area contributed by atoms with Gasteiger partial charge in [-0.15, -0.1) is 0 Å². The molecule has 1 N–H and O–H groups in total. The van der Waals surface area contributed by atoms with Crippen LogP contribution < -0.4 is 10.2 Å². The second-order valence-corrected chi connectivity index (χ2v) is 5.81. The summed E-state index contributed by atoms with van der Waals surface area (Å²) in [5, 5.41) is 2.70. The first-order valence-corrected chi connectivity index (χ1v) is 7.72. The van der Waals surface area contributed by atoms with E-state index in [0.29, 0.717) is 5.69 Å². The van der Waals surface area contributed by atoms with E-state index in [9.17, 15) is 9.59 Å². The van der Waals surface area contributed by atoms with Gasteiger partial charge < -0.3 is 15.0 Å². The summed E-state index contributed by atoms with van der Waals surface area (Å²) in [4.78, 5) is 25.6. The normalized spacial score (nSPS) is 10.1. The lowest BCUT2D eigenvalue weighted by Gasteiger charge is -2.13. The zero-order chi connectivity index (χ0) is 17.5. The smallest absolute Gasteiger partial charge is 0.310 e. The topological polar surface area (TPSA) is 58.6 Å². The van der Waals surface area contributed by atoms with Crippen molar-refractivity contribution in [2.75, 3.05) is 30.9 Å². The SMILES string of the molecule is Cc1ccc(CC(=O)OCC(=O)Nc2ccc(N(C)C)cc2)cc1. The highest BCUT2D eigenvalue weighted by atomic mass is 16.5. The molecule has 0 saturated heterocycles. The monoisotopic (exact) mass is 326 g/mol. The number of carbonyl (C=O) groups excluding carboxylic acids is 2. The van der Waals surface area contributed by atoms with Gasteiger partial charge in [0, 0.05) is 25.5 Å². The Labute approximate surface area is 142 Å². The number of nitrogens with zero attached hydrogens (tertiary/aromatic N) is 1. The number of carbonyl (C=O) groups is 2. The van der Waals surface area contributed by atoms with Gasteiger partial charge in [-0.05, 0) is 36.8 Å². The van der Waals surface area contributed by atoms with Crippen LogP contribution in [-0.4, -0.2) is 32.6 Å². The number of nitrogens with one attached hydrogen (secondary N) is 1. The number of amides is 1. The number of rotatable bonds is 6. The van der Waals surface area contributed by atoms with Crippen LogP contribution in [0.4, 0.5) is 11.4 Å². The number of hydrogen-bond donors (Lipinski definition) is 1. The summed E-state index contributed by atoms with van der Waals surface area (Å²) in [7, 11) is 3.89. The molecule has 0 aromatic heterocycles. The third-order valence-corrected chi connectivity index (χ3v) is 3.50. The van der Waals surface area contributed by atoms with E-state index in [-0.39, 0.29) is 18.9 Å². The van der Waals surface area contributed by atoms with E-state index in [2.05, 4.69) is 5.32 Å². The van der Waals surface area contributed by atoms with Crippen molar-refractivity contribution in [3.8, 4) is 0 Å². The molecule has 0 fully saturated rings. The highest BCUT2D eigenvalue weighted by molar-refractivity contribution is 5.93. The van der Waals surface area contributed by atoms with E-state index in [1.54, 1.807) is 12.1 Å². The van der Waals surface area contributed by atoms with E-state index < -0.39 is 5.97 Å². The van der Waals surface area contributed by atoms with Crippen molar-refractivity contribution in [3.63, 3.8) is 0 Å². The molecule has 0 radical (unpaired) electrons. The Bertz CT molecular complexity index is 692. The summed E-state index contributed by atoms with van der Waals surface area (Å²) in [6.45, 7) is 1.69. The molecule has 0 bridgehead atoms. The standard InChI is InChI=1S/C19H22N2O3/c1-14-4-6-15(7-5-14)12-19(23)24-13-18(22)20-16-8-10-17(11-9-16)21(2)3/h4-11H,12-13H2,1-3H3,(H,20,22). The molecular formula is C19H22N2O3. The fourth-order valence-corrected chi connectivity index (χ4v) is 2.11. The van der Waals surface area contributed by atoms with Crippen LogP contribution >= 0.6 is 0 Å². The van der Waals surface area contributed by atoms with Gasteiger partial charge in [0.2, 0.25) is 0 Å². The molecule has 5 heteroatoms. The second kappa shape index (κ2) is 8.15. The first-order valence-electron chi connectivity index (χ1n) is 7.72. The molecule has 0 spiro atoms. The molecule has 0 heterocycles. The molecule has 0 saturated carbocycles. The lowest BCUT2D eigenvalue weighted by Crippen LogP contribution is -2.21. The quantitative estimate of drug-likeness (QED) is 0.829. The van der Waals surface area contributed by atoms with Crippen LogP contribution in [0.5, 0.6) is 0 Å². The van der Waals surface area contributed by atoms with E-state index in [1.807, 2.05) is 62.3 Å². The number of benzene rings is 2. The van der Waals surface area contributed by atoms with Gasteiger partial charge in [-0.25, -0.2) is 0 Å². The number of esters is 1. The minimum atomic E-state index is -0.419. The molecule has 0 unspecified atom stereocenters. The van der Waals surface area contributed by atoms with Gasteiger partial charge in [-0.2, -0.15) is 0 Å². The van der Waals surface area contributed by atoms with Gasteiger partial charge >= 0.3 is 5.97 Å². The van der Waals surface area contributed by atoms with Crippen molar-refractivity contribution in [2.24, 2.45) is 0 Å². The van der Waals surface area contributed by atoms with Crippen LogP contribution in [0.1, 0.15) is 11.1 Å². The second-order valence-electron chi connectivity index (χ2n) is 5.81. The first kappa shape index (κ1) is 17.5. The van der Waals surface area contributed by atoms with Gasteiger partial charge in [0.05, 0.1) is 6.42 Å². The molecule has 126 valence electrons. The van der Waals surface area contributed by atoms with Gasteiger partial charge in [0.15, 0.2) is 6.61 Å². The Morgan fingerprint density at radius 3 is 2.21 bits per heavy atom. The summed E-state index contributed by atoms with van der Waals surface area (Å²) in [6.07, 6.45) is 0.158. The summed E-state index contributed by atoms with van der Waals surface area (Å²) in [6, 6.07) is 15.0. The zero-order valence-corrected chi connectivity index (χ0v) is 14.2. The Balaban J connectivity index is 1.77. The van der Waals surface area contributed by atoms with Crippen molar-refractivity contribution < 1.29 is 14.3 Å². The largest absolute Gasteiger partial charge is 0.455 e. The highest BCUT2D eigenvalue weighted by Gasteiger charge is 2.09. The van der Waals surface area contributed by atoms with Crippen LogP contribution in [0.3, 0.4) is 0 Å². The summed E-state index contributed by atoms with van der Waals surface area (Å²) in [5.74, 6) is -0.776. The van der Waals surface area contributed by atoms with E-state index in [4.69, 9.17) is 4.74 Å². The molecule has 2 rings (SSSR count). The van der Waals surface area contributed by atoms with Crippen LogP contribution in [0.2, 0.25) is 0 Å². The maximum Gasteiger partial charge on any atom is 0.310 e. The molecule has 1 amide bonds. The minimum Gasteiger partial charge on any atom is -0.455 e. The van der Waals surface area contributed by atoms with Gasteiger partial charge in [0.1, 0.15) is 0 Å². The summed E-state index contributed by atoms with van der Waals surface area (Å²) in [5.41, 5.74) is 3.70. The number of anilines is 2. The molecule has 0 atom stereocenters. The van der Waals surface area contributed by atoms with Crippen LogP contribution in [0.25, 0.3) is 0 Å². The van der Waals surface area contributed by atoms with Crippen LogP contribution in [0.15, 0.2) is 48.5 Å². The van der Waals surface area contributed by atoms with Crippen molar-refractivity contribution >= 4 is 23.3 Å². The van der Waals surface area contributed by atoms with Gasteiger partial charge in [0.25, 0.3) is 5.91 Å². The lowest BCUT2D eigenvalue weighted by atomic mass is 10.1. The van der Waals surface area contributed by atoms with E-state index in [1.165, 1.54) is 0 Å². The molecular weight excluding hydrogens is 304 g/mol. The van der Waals surface area contributed by atoms with Crippen LogP contribution in [-0.2, 0) is 20.7 Å².